The molecule has 240 valence electrons. The van der Waals surface area contributed by atoms with Gasteiger partial charge in [-0.15, -0.1) is 0 Å². The maximum Gasteiger partial charge on any atom is 0.331 e. The number of carbonyl (C=O) groups excluding carboxylic acids is 1. The first-order valence-corrected chi connectivity index (χ1v) is 17.0. The van der Waals surface area contributed by atoms with E-state index in [0.717, 1.165) is 44.1 Å². The van der Waals surface area contributed by atoms with Crippen LogP contribution in [0.2, 0.25) is 0 Å². The summed E-state index contributed by atoms with van der Waals surface area (Å²) < 4.78 is 6.03. The van der Waals surface area contributed by atoms with E-state index in [2.05, 4.69) is 47.6 Å². The Morgan fingerprint density at radius 3 is 2.36 bits per heavy atom. The number of allylic oxidation sites excluding steroid dienone is 2. The number of aliphatic hydroxyl groups is 1. The van der Waals surface area contributed by atoms with Crippen LogP contribution in [-0.2, 0) is 14.3 Å². The molecule has 4 unspecified atom stereocenters. The van der Waals surface area contributed by atoms with E-state index in [1.807, 2.05) is 0 Å². The number of carbonyl (C=O) groups is 2. The molecule has 4 saturated carbocycles. The minimum Gasteiger partial charge on any atom is -0.508 e. The summed E-state index contributed by atoms with van der Waals surface area (Å²) >= 11 is 0. The number of aliphatic carboxylic acids is 1. The third kappa shape index (κ3) is 4.85. The zero-order valence-electron chi connectivity index (χ0n) is 27.3. The number of hydrogen-bond acceptors (Lipinski definition) is 5. The number of phenols is 1. The minimum atomic E-state index is -0.753. The normalized spacial score (nSPS) is 44.4. The van der Waals surface area contributed by atoms with Gasteiger partial charge in [0, 0.05) is 11.5 Å². The van der Waals surface area contributed by atoms with Crippen molar-refractivity contribution < 1.29 is 29.6 Å². The standard InChI is InChI=1S/C38H52O6/c1-21-19-27(35(42)43)25-12-14-28-26(33(25)22(21)2)13-15-31-37(28,5)18-17-30-36(3,4)34(29(40)20-38(30,31)6)44-32(41)16-9-23-7-10-24(39)11-8-23/h7-11,13,16,21-22,25,27-31,33-34,39-40H,12,14-15,17-20H2,1-6H3,(H,42,43)/b16-9+/t21-,22+,25?,27-,28?,29-,30?,31?,33-,34+,37+,38+/m1/s1. The van der Waals surface area contributed by atoms with Gasteiger partial charge in [-0.05, 0) is 121 Å². The SMILES string of the molecule is C[C@H]1[C@H](C)C[C@@H](C(=O)O)C2CCC3C(=CCC4[C@@]3(C)CCC3C(C)(C)[C@@H](OC(=O)/C=C/c5ccc(O)cc5)[C@H](O)C[C@@]34C)[C@@H]21. The Bertz CT molecular complexity index is 1340. The summed E-state index contributed by atoms with van der Waals surface area (Å²) in [6.45, 7) is 13.9. The van der Waals surface area contributed by atoms with Crippen LogP contribution in [0.15, 0.2) is 42.0 Å². The van der Waals surface area contributed by atoms with Crippen LogP contribution in [0, 0.1) is 63.6 Å². The number of esters is 1. The first-order valence-electron chi connectivity index (χ1n) is 17.0. The lowest BCUT2D eigenvalue weighted by Crippen LogP contribution is -2.65. The number of carboxylic acids is 1. The largest absolute Gasteiger partial charge is 0.508 e. The molecule has 0 aromatic heterocycles. The van der Waals surface area contributed by atoms with E-state index in [1.54, 1.807) is 35.9 Å². The topological polar surface area (TPSA) is 104 Å². The fourth-order valence-electron chi connectivity index (χ4n) is 11.8. The third-order valence-electron chi connectivity index (χ3n) is 13.9. The molecule has 6 nitrogen and oxygen atoms in total. The molecule has 0 heterocycles. The van der Waals surface area contributed by atoms with Gasteiger partial charge in [0.25, 0.3) is 0 Å². The van der Waals surface area contributed by atoms with Gasteiger partial charge < -0.3 is 20.1 Å². The molecule has 1 aromatic rings. The molecule has 4 fully saturated rings. The van der Waals surface area contributed by atoms with Crippen LogP contribution in [0.4, 0.5) is 0 Å². The molecule has 0 radical (unpaired) electrons. The smallest absolute Gasteiger partial charge is 0.331 e. The Hall–Kier alpha value is -2.60. The van der Waals surface area contributed by atoms with Gasteiger partial charge in [0.1, 0.15) is 11.9 Å². The molecule has 0 amide bonds. The molecule has 6 rings (SSSR count). The average Bonchev–Trinajstić information content (AvgIpc) is 2.95. The monoisotopic (exact) mass is 604 g/mol. The molecular formula is C38H52O6. The second-order valence-electron chi connectivity index (χ2n) is 16.3. The molecule has 0 aliphatic heterocycles. The van der Waals surface area contributed by atoms with Crippen molar-refractivity contribution in [2.24, 2.45) is 63.6 Å². The van der Waals surface area contributed by atoms with Crippen LogP contribution in [-0.4, -0.2) is 39.5 Å². The van der Waals surface area contributed by atoms with Crippen LogP contribution < -0.4 is 0 Å². The number of aromatic hydroxyl groups is 1. The Morgan fingerprint density at radius 1 is 0.977 bits per heavy atom. The minimum absolute atomic E-state index is 0.103. The molecule has 0 saturated heterocycles. The van der Waals surface area contributed by atoms with Crippen molar-refractivity contribution in [1.29, 1.82) is 0 Å². The Kier molecular flexibility index (Phi) is 7.87. The van der Waals surface area contributed by atoms with Gasteiger partial charge in [-0.1, -0.05) is 65.3 Å². The van der Waals surface area contributed by atoms with Gasteiger partial charge in [0.15, 0.2) is 0 Å². The molecule has 5 aliphatic carbocycles. The molecule has 1 aromatic carbocycles. The van der Waals surface area contributed by atoms with E-state index >= 15 is 0 Å². The Balaban J connectivity index is 1.25. The number of rotatable bonds is 4. The van der Waals surface area contributed by atoms with Crippen LogP contribution in [0.5, 0.6) is 5.75 Å². The number of ether oxygens (including phenoxy) is 1. The molecule has 6 heteroatoms. The van der Waals surface area contributed by atoms with Crippen molar-refractivity contribution in [3.05, 3.63) is 47.6 Å². The number of carboxylic acid groups (broad SMARTS) is 1. The maximum absolute atomic E-state index is 13.0. The first kappa shape index (κ1) is 31.4. The fourth-order valence-corrected chi connectivity index (χ4v) is 11.8. The van der Waals surface area contributed by atoms with Crippen LogP contribution in [0.25, 0.3) is 6.08 Å². The van der Waals surface area contributed by atoms with E-state index in [0.29, 0.717) is 41.9 Å². The van der Waals surface area contributed by atoms with Crippen molar-refractivity contribution in [2.45, 2.75) is 98.7 Å². The maximum atomic E-state index is 13.0. The summed E-state index contributed by atoms with van der Waals surface area (Å²) in [5, 5.41) is 31.3. The Labute approximate surface area is 263 Å². The molecule has 44 heavy (non-hydrogen) atoms. The van der Waals surface area contributed by atoms with E-state index in [-0.39, 0.29) is 28.4 Å². The first-order chi connectivity index (χ1) is 20.7. The fraction of sp³-hybridized carbons (Fsp3) is 0.684. The summed E-state index contributed by atoms with van der Waals surface area (Å²) in [6, 6.07) is 6.63. The van der Waals surface area contributed by atoms with Gasteiger partial charge >= 0.3 is 11.9 Å². The zero-order chi connectivity index (χ0) is 31.8. The lowest BCUT2D eigenvalue weighted by Gasteiger charge is -2.68. The summed E-state index contributed by atoms with van der Waals surface area (Å²) in [7, 11) is 0. The second kappa shape index (κ2) is 11.0. The number of hydrogen-bond donors (Lipinski definition) is 3. The highest BCUT2D eigenvalue weighted by Gasteiger charge is 2.66. The molecular weight excluding hydrogens is 552 g/mol. The van der Waals surface area contributed by atoms with E-state index in [4.69, 9.17) is 4.74 Å². The van der Waals surface area contributed by atoms with Crippen molar-refractivity contribution in [2.75, 3.05) is 0 Å². The van der Waals surface area contributed by atoms with Gasteiger partial charge in [0.05, 0.1) is 12.0 Å². The van der Waals surface area contributed by atoms with Gasteiger partial charge in [-0.3, -0.25) is 4.79 Å². The second-order valence-corrected chi connectivity index (χ2v) is 16.3. The Morgan fingerprint density at radius 2 is 1.68 bits per heavy atom. The predicted molar refractivity (Wildman–Crippen MR) is 170 cm³/mol. The summed E-state index contributed by atoms with van der Waals surface area (Å²) in [4.78, 5) is 25.3. The lowest BCUT2D eigenvalue weighted by atomic mass is 9.37. The van der Waals surface area contributed by atoms with Crippen molar-refractivity contribution in [1.82, 2.24) is 0 Å². The zero-order valence-corrected chi connectivity index (χ0v) is 27.3. The van der Waals surface area contributed by atoms with Gasteiger partial charge in [-0.25, -0.2) is 4.79 Å². The third-order valence-corrected chi connectivity index (χ3v) is 13.9. The molecule has 5 aliphatic rings. The van der Waals surface area contributed by atoms with Crippen molar-refractivity contribution in [3.8, 4) is 5.75 Å². The van der Waals surface area contributed by atoms with Crippen molar-refractivity contribution in [3.63, 3.8) is 0 Å². The predicted octanol–water partition coefficient (Wildman–Crippen LogP) is 7.50. The number of aliphatic hydroxyl groups excluding tert-OH is 1. The highest BCUT2D eigenvalue weighted by Crippen LogP contribution is 2.71. The van der Waals surface area contributed by atoms with Crippen LogP contribution >= 0.6 is 0 Å². The molecule has 0 bridgehead atoms. The van der Waals surface area contributed by atoms with Crippen LogP contribution in [0.3, 0.4) is 0 Å². The van der Waals surface area contributed by atoms with E-state index in [1.165, 1.54) is 6.08 Å². The molecule has 12 atom stereocenters. The number of benzene rings is 1. The van der Waals surface area contributed by atoms with Gasteiger partial charge in [-0.2, -0.15) is 0 Å². The highest BCUT2D eigenvalue weighted by molar-refractivity contribution is 5.87. The highest BCUT2D eigenvalue weighted by atomic mass is 16.6. The molecule has 0 spiro atoms. The summed E-state index contributed by atoms with van der Waals surface area (Å²) in [5.41, 5.74) is 1.94. The lowest BCUT2D eigenvalue weighted by molar-refractivity contribution is -0.228. The van der Waals surface area contributed by atoms with E-state index < -0.39 is 29.6 Å². The van der Waals surface area contributed by atoms with Crippen LogP contribution in [0.1, 0.15) is 92.1 Å². The van der Waals surface area contributed by atoms with Gasteiger partial charge in [0.2, 0.25) is 0 Å². The quantitative estimate of drug-likeness (QED) is 0.187. The molecule has 3 N–H and O–H groups in total. The number of phenolic OH excluding ortho intramolecular Hbond substituents is 1. The van der Waals surface area contributed by atoms with Crippen molar-refractivity contribution >= 4 is 18.0 Å². The summed E-state index contributed by atoms with van der Waals surface area (Å²) in [5.74, 6) is 1.51. The van der Waals surface area contributed by atoms with E-state index in [9.17, 15) is 24.9 Å². The number of fused-ring (bicyclic) bond motifs is 7. The average molecular weight is 605 g/mol. The summed E-state index contributed by atoms with van der Waals surface area (Å²) in [6.07, 6.45) is 10.8.